The third-order valence-electron chi connectivity index (χ3n) is 0.869. The van der Waals surface area contributed by atoms with Crippen molar-refractivity contribution in [3.05, 3.63) is 0 Å². The van der Waals surface area contributed by atoms with Gasteiger partial charge in [-0.25, -0.2) is 5.48 Å². The van der Waals surface area contributed by atoms with Crippen LogP contribution in [-0.4, -0.2) is 27.0 Å². The third kappa shape index (κ3) is 4.07. The fourth-order valence-electron chi connectivity index (χ4n) is 0.327. The molecule has 0 aromatic heterocycles. The quantitative estimate of drug-likeness (QED) is 0.222. The largest absolute Gasteiger partial charge is 0.777 e. The van der Waals surface area contributed by atoms with Crippen LogP contribution in [0.5, 0.6) is 0 Å². The molecule has 0 saturated heterocycles. The van der Waals surface area contributed by atoms with Crippen LogP contribution in [0.2, 0.25) is 0 Å². The first-order valence-electron chi connectivity index (χ1n) is 2.52. The second kappa shape index (κ2) is 3.80. The summed E-state index contributed by atoms with van der Waals surface area (Å²) < 4.78 is 10.1. The van der Waals surface area contributed by atoms with E-state index in [1.807, 2.05) is 0 Å². The van der Waals surface area contributed by atoms with Crippen molar-refractivity contribution < 1.29 is 29.5 Å². The minimum absolute atomic E-state index is 0.895. The first kappa shape index (κ1) is 10.5. The lowest BCUT2D eigenvalue weighted by Crippen LogP contribution is -2.26. The molecular formula is C3H7NO6P-. The van der Waals surface area contributed by atoms with Crippen molar-refractivity contribution in [3.63, 3.8) is 0 Å². The highest BCUT2D eigenvalue weighted by molar-refractivity contribution is 7.50. The molecule has 0 fully saturated rings. The van der Waals surface area contributed by atoms with Gasteiger partial charge in [0.1, 0.15) is 5.85 Å². The molecule has 4 N–H and O–H groups in total. The summed E-state index contributed by atoms with van der Waals surface area (Å²) in [6.45, 7) is 0. The van der Waals surface area contributed by atoms with Gasteiger partial charge >= 0.3 is 0 Å². The minimum atomic E-state index is -4.89. The molecule has 2 atom stereocenters. The van der Waals surface area contributed by atoms with Gasteiger partial charge in [-0.2, -0.15) is 0 Å². The Kier molecular flexibility index (Phi) is 3.64. The summed E-state index contributed by atoms with van der Waals surface area (Å²) in [5.74, 6) is -3.27. The van der Waals surface area contributed by atoms with E-state index in [1.165, 1.54) is 0 Å². The van der Waals surface area contributed by atoms with Crippen LogP contribution in [0.4, 0.5) is 0 Å². The van der Waals surface area contributed by atoms with Gasteiger partial charge in [-0.05, 0) is 0 Å². The second-order valence-electron chi connectivity index (χ2n) is 1.78. The number of amides is 1. The molecule has 0 aromatic rings. The van der Waals surface area contributed by atoms with E-state index in [1.54, 1.807) is 0 Å². The van der Waals surface area contributed by atoms with Crippen LogP contribution in [0, 0.1) is 0 Å². The number of rotatable bonds is 3. The Morgan fingerprint density at radius 2 is 2.18 bits per heavy atom. The molecule has 0 spiro atoms. The normalized spacial score (nSPS) is 18.5. The fourth-order valence-corrected chi connectivity index (χ4v) is 0.723. The summed E-state index contributed by atoms with van der Waals surface area (Å²) in [4.78, 5) is 28.3. The lowest BCUT2D eigenvalue weighted by atomic mass is 10.4. The van der Waals surface area contributed by atoms with Crippen molar-refractivity contribution in [1.82, 2.24) is 5.48 Å². The number of hydrogen-bond acceptors (Lipinski definition) is 5. The molecule has 1 amide bonds. The maximum atomic E-state index is 10.2. The van der Waals surface area contributed by atoms with Crippen molar-refractivity contribution in [3.8, 4) is 0 Å². The van der Waals surface area contributed by atoms with Crippen molar-refractivity contribution in [2.75, 3.05) is 0 Å². The maximum absolute atomic E-state index is 10.2. The van der Waals surface area contributed by atoms with E-state index in [0.717, 1.165) is 5.48 Å². The van der Waals surface area contributed by atoms with Crippen LogP contribution < -0.4 is 10.4 Å². The number of carbonyl (C=O) groups excluding carboxylic acids is 1. The zero-order valence-electron chi connectivity index (χ0n) is 5.30. The molecule has 0 bridgehead atoms. The number of aliphatic hydroxyl groups excluding tert-OH is 1. The molecule has 0 heterocycles. The van der Waals surface area contributed by atoms with Crippen LogP contribution in [-0.2, 0) is 9.36 Å². The van der Waals surface area contributed by atoms with Gasteiger partial charge in [-0.15, -0.1) is 0 Å². The predicted octanol–water partition coefficient (Wildman–Crippen LogP) is -2.25. The average Bonchev–Trinajstić information content (AvgIpc) is 1.85. The van der Waals surface area contributed by atoms with E-state index >= 15 is 0 Å². The summed E-state index contributed by atoms with van der Waals surface area (Å²) in [6, 6.07) is 0. The molecule has 0 aliphatic heterocycles. The molecule has 0 aromatic carbocycles. The van der Waals surface area contributed by atoms with Gasteiger partial charge in [-0.3, -0.25) is 10.0 Å². The Morgan fingerprint density at radius 1 is 1.73 bits per heavy atom. The molecule has 0 aliphatic rings. The van der Waals surface area contributed by atoms with E-state index in [9.17, 15) is 14.3 Å². The number of hydrogen-bond donors (Lipinski definition) is 4. The maximum Gasteiger partial charge on any atom is 0.246 e. The minimum Gasteiger partial charge on any atom is -0.777 e. The first-order chi connectivity index (χ1) is 4.88. The topological polar surface area (TPSA) is 130 Å². The smallest absolute Gasteiger partial charge is 0.246 e. The number of carbonyl (C=O) groups is 1. The monoisotopic (exact) mass is 184 g/mol. The molecule has 0 radical (unpaired) electrons. The van der Waals surface area contributed by atoms with Gasteiger partial charge in [0.05, 0.1) is 6.42 Å². The van der Waals surface area contributed by atoms with Gasteiger partial charge in [0.15, 0.2) is 7.60 Å². The molecule has 0 saturated carbocycles. The lowest BCUT2D eigenvalue weighted by molar-refractivity contribution is -0.203. The standard InChI is InChI=1S/C3H8NO6P/c5-2(4-7)1-3(6)11(8,9)10/h3,6-7H,1H2,(H,4,5)(H2,8,9,10)/p-1. The summed E-state index contributed by atoms with van der Waals surface area (Å²) >= 11 is 0. The van der Waals surface area contributed by atoms with Crippen LogP contribution in [0.1, 0.15) is 6.42 Å². The van der Waals surface area contributed by atoms with Crippen LogP contribution in [0.3, 0.4) is 0 Å². The van der Waals surface area contributed by atoms with E-state index in [-0.39, 0.29) is 0 Å². The van der Waals surface area contributed by atoms with E-state index < -0.39 is 25.8 Å². The van der Waals surface area contributed by atoms with E-state index in [4.69, 9.17) is 15.2 Å². The molecule has 0 aliphatic carbocycles. The van der Waals surface area contributed by atoms with Crippen molar-refractivity contribution in [2.24, 2.45) is 0 Å². The molecule has 2 unspecified atom stereocenters. The van der Waals surface area contributed by atoms with Gasteiger partial charge in [0, 0.05) is 0 Å². The molecule has 7 nitrogen and oxygen atoms in total. The highest BCUT2D eigenvalue weighted by Crippen LogP contribution is 2.35. The predicted molar refractivity (Wildman–Crippen MR) is 30.4 cm³/mol. The zero-order chi connectivity index (χ0) is 9.07. The highest BCUT2D eigenvalue weighted by atomic mass is 31.2. The fraction of sp³-hybridized carbons (Fsp3) is 0.667. The molecular weight excluding hydrogens is 177 g/mol. The van der Waals surface area contributed by atoms with Crippen LogP contribution in [0.15, 0.2) is 0 Å². The van der Waals surface area contributed by atoms with Crippen molar-refractivity contribution >= 4 is 13.5 Å². The Labute approximate surface area is 61.8 Å². The number of nitrogens with one attached hydrogen (secondary N) is 1. The first-order valence-corrected chi connectivity index (χ1v) is 4.17. The second-order valence-corrected chi connectivity index (χ2v) is 3.51. The average molecular weight is 184 g/mol. The van der Waals surface area contributed by atoms with Gasteiger partial charge in [0.2, 0.25) is 5.91 Å². The SMILES string of the molecule is O=C(CC(O)P(=O)([O-])O)NO. The summed E-state index contributed by atoms with van der Waals surface area (Å²) in [5.41, 5.74) is 1.10. The summed E-state index contributed by atoms with van der Waals surface area (Å²) in [6.07, 6.45) is -0.895. The Morgan fingerprint density at radius 3 is 2.45 bits per heavy atom. The molecule has 8 heteroatoms. The van der Waals surface area contributed by atoms with Crippen molar-refractivity contribution in [1.29, 1.82) is 0 Å². The van der Waals surface area contributed by atoms with Gasteiger partial charge in [0.25, 0.3) is 0 Å². The lowest BCUT2D eigenvalue weighted by Gasteiger charge is -2.20. The van der Waals surface area contributed by atoms with Crippen LogP contribution >= 0.6 is 7.60 Å². The molecule has 66 valence electrons. The highest BCUT2D eigenvalue weighted by Gasteiger charge is 2.19. The van der Waals surface area contributed by atoms with Gasteiger partial charge < -0.3 is 19.5 Å². The summed E-state index contributed by atoms with van der Waals surface area (Å²) in [7, 11) is -4.89. The Hall–Kier alpha value is -0.460. The summed E-state index contributed by atoms with van der Waals surface area (Å²) in [5, 5.41) is 16.4. The van der Waals surface area contributed by atoms with Crippen LogP contribution in [0.25, 0.3) is 0 Å². The van der Waals surface area contributed by atoms with Gasteiger partial charge in [-0.1, -0.05) is 0 Å². The number of hydroxylamine groups is 1. The Bertz CT molecular complexity index is 186. The zero-order valence-corrected chi connectivity index (χ0v) is 6.19. The molecule has 11 heavy (non-hydrogen) atoms. The Balaban J connectivity index is 3.98. The van der Waals surface area contributed by atoms with Crippen molar-refractivity contribution in [2.45, 2.75) is 12.3 Å². The van der Waals surface area contributed by atoms with E-state index in [0.29, 0.717) is 0 Å². The third-order valence-corrected chi connectivity index (χ3v) is 1.81. The number of aliphatic hydroxyl groups is 1. The molecule has 0 rings (SSSR count). The van der Waals surface area contributed by atoms with E-state index in [2.05, 4.69) is 0 Å².